The first-order valence-electron chi connectivity index (χ1n) is 10.3. The van der Waals surface area contributed by atoms with E-state index >= 15 is 0 Å². The lowest BCUT2D eigenvalue weighted by molar-refractivity contribution is 0.102. The van der Waals surface area contributed by atoms with E-state index in [1.54, 1.807) is 23.0 Å². The molecule has 1 amide bonds. The molecule has 0 fully saturated rings. The molecule has 33 heavy (non-hydrogen) atoms. The average molecular weight is 438 g/mol. The minimum atomic E-state index is -0.375. The molecule has 0 radical (unpaired) electrons. The van der Waals surface area contributed by atoms with Crippen molar-refractivity contribution in [3.8, 4) is 16.9 Å². The average Bonchev–Trinajstić information content (AvgIpc) is 3.48. The zero-order valence-electron chi connectivity index (χ0n) is 17.5. The van der Waals surface area contributed by atoms with Crippen LogP contribution in [0.3, 0.4) is 0 Å². The Morgan fingerprint density at radius 1 is 0.909 bits per heavy atom. The molecule has 0 saturated carbocycles. The molecule has 3 aromatic carbocycles. The van der Waals surface area contributed by atoms with E-state index in [-0.39, 0.29) is 17.7 Å². The molecule has 7 nitrogen and oxygen atoms in total. The summed E-state index contributed by atoms with van der Waals surface area (Å²) in [5, 5.41) is 11.7. The fraction of sp³-hybridized carbons (Fsp3) is 0.0400. The van der Waals surface area contributed by atoms with Crippen LogP contribution in [0.4, 0.5) is 10.3 Å². The van der Waals surface area contributed by atoms with Gasteiger partial charge in [0.2, 0.25) is 5.95 Å². The molecule has 5 rings (SSSR count). The van der Waals surface area contributed by atoms with Gasteiger partial charge in [0.15, 0.2) is 0 Å². The molecular formula is C25H19FN6O. The molecule has 8 heteroatoms. The quantitative estimate of drug-likeness (QED) is 0.421. The maximum Gasteiger partial charge on any atom is 0.261 e. The van der Waals surface area contributed by atoms with Crippen LogP contribution >= 0.6 is 0 Å². The van der Waals surface area contributed by atoms with Crippen molar-refractivity contribution in [2.24, 2.45) is 0 Å². The van der Waals surface area contributed by atoms with Gasteiger partial charge in [0.05, 0.1) is 17.8 Å². The Balaban J connectivity index is 1.41. The second kappa shape index (κ2) is 8.88. The summed E-state index contributed by atoms with van der Waals surface area (Å²) in [6.45, 7) is 0.335. The lowest BCUT2D eigenvalue weighted by Gasteiger charge is -2.03. The van der Waals surface area contributed by atoms with Crippen molar-refractivity contribution < 1.29 is 9.18 Å². The van der Waals surface area contributed by atoms with Gasteiger partial charge in [-0.25, -0.2) is 18.7 Å². The molecule has 0 aliphatic carbocycles. The molecule has 0 unspecified atom stereocenters. The highest BCUT2D eigenvalue weighted by molar-refractivity contribution is 6.07. The van der Waals surface area contributed by atoms with Crippen molar-refractivity contribution in [2.75, 3.05) is 5.32 Å². The predicted octanol–water partition coefficient (Wildman–Crippen LogP) is 4.57. The van der Waals surface area contributed by atoms with Gasteiger partial charge in [-0.3, -0.25) is 10.1 Å². The summed E-state index contributed by atoms with van der Waals surface area (Å²) in [5.74, 6) is -0.535. The summed E-state index contributed by atoms with van der Waals surface area (Å²) in [4.78, 5) is 17.3. The zero-order valence-corrected chi connectivity index (χ0v) is 17.5. The first kappa shape index (κ1) is 20.3. The van der Waals surface area contributed by atoms with Crippen molar-refractivity contribution >= 4 is 11.9 Å². The molecule has 0 spiro atoms. The second-order valence-electron chi connectivity index (χ2n) is 7.39. The van der Waals surface area contributed by atoms with Crippen molar-refractivity contribution in [1.29, 1.82) is 0 Å². The van der Waals surface area contributed by atoms with E-state index in [0.717, 1.165) is 16.8 Å². The molecule has 5 aromatic rings. The van der Waals surface area contributed by atoms with Gasteiger partial charge in [0.25, 0.3) is 5.91 Å². The number of anilines is 1. The molecule has 1 N–H and O–H groups in total. The number of benzene rings is 3. The Labute approximate surface area is 189 Å². The van der Waals surface area contributed by atoms with Crippen LogP contribution in [0.2, 0.25) is 0 Å². The third-order valence-corrected chi connectivity index (χ3v) is 5.02. The number of halogens is 1. The fourth-order valence-corrected chi connectivity index (χ4v) is 3.48. The lowest BCUT2D eigenvalue weighted by Crippen LogP contribution is -2.14. The Morgan fingerprint density at radius 3 is 2.42 bits per heavy atom. The highest BCUT2D eigenvalue weighted by Gasteiger charge is 2.20. The minimum Gasteiger partial charge on any atom is -0.289 e. The monoisotopic (exact) mass is 438 g/mol. The lowest BCUT2D eigenvalue weighted by atomic mass is 10.1. The Morgan fingerprint density at radius 2 is 1.67 bits per heavy atom. The summed E-state index contributed by atoms with van der Waals surface area (Å²) < 4.78 is 16.6. The Bertz CT molecular complexity index is 1390. The summed E-state index contributed by atoms with van der Waals surface area (Å²) >= 11 is 0. The summed E-state index contributed by atoms with van der Waals surface area (Å²) in [6.07, 6.45) is 3.18. The van der Waals surface area contributed by atoms with E-state index in [9.17, 15) is 9.18 Å². The first-order valence-corrected chi connectivity index (χ1v) is 10.3. The largest absolute Gasteiger partial charge is 0.289 e. The second-order valence-corrected chi connectivity index (χ2v) is 7.39. The van der Waals surface area contributed by atoms with E-state index in [4.69, 9.17) is 0 Å². The van der Waals surface area contributed by atoms with Crippen LogP contribution in [0.25, 0.3) is 16.9 Å². The number of rotatable bonds is 6. The summed E-state index contributed by atoms with van der Waals surface area (Å²) in [7, 11) is 0. The van der Waals surface area contributed by atoms with Gasteiger partial charge in [-0.15, -0.1) is 5.10 Å². The van der Waals surface area contributed by atoms with Gasteiger partial charge in [-0.2, -0.15) is 5.10 Å². The molecule has 162 valence electrons. The number of hydrogen-bond donors (Lipinski definition) is 1. The van der Waals surface area contributed by atoms with Crippen molar-refractivity contribution in [3.05, 3.63) is 114 Å². The number of amides is 1. The molecule has 0 bridgehead atoms. The van der Waals surface area contributed by atoms with Gasteiger partial charge in [-0.1, -0.05) is 60.7 Å². The number of nitrogens with zero attached hydrogens (tertiary/aromatic N) is 5. The van der Waals surface area contributed by atoms with Crippen molar-refractivity contribution in [1.82, 2.24) is 24.5 Å². The number of nitrogens with one attached hydrogen (secondary N) is 1. The number of hydrogen-bond acceptors (Lipinski definition) is 4. The van der Waals surface area contributed by atoms with E-state index in [0.29, 0.717) is 17.8 Å². The zero-order chi connectivity index (χ0) is 22.6. The Kier molecular flexibility index (Phi) is 5.47. The van der Waals surface area contributed by atoms with Crippen LogP contribution < -0.4 is 5.32 Å². The standard InChI is InChI=1S/C25H19FN6O/c26-20-11-7-8-18(14-20)15-31-17-27-25(30-31)28-24(33)22-16-32(21-12-5-2-6-13-21)29-23(22)19-9-3-1-4-10-19/h1-14,16-17H,15H2,(H,28,30,33). The van der Waals surface area contributed by atoms with Crippen LogP contribution in [0, 0.1) is 5.82 Å². The van der Waals surface area contributed by atoms with E-state index < -0.39 is 0 Å². The van der Waals surface area contributed by atoms with E-state index in [2.05, 4.69) is 20.5 Å². The smallest absolute Gasteiger partial charge is 0.261 e. The minimum absolute atomic E-state index is 0.155. The van der Waals surface area contributed by atoms with Crippen LogP contribution in [-0.2, 0) is 6.54 Å². The molecule has 0 saturated heterocycles. The normalized spacial score (nSPS) is 10.8. The number of para-hydroxylation sites is 1. The summed E-state index contributed by atoms with van der Waals surface area (Å²) in [6, 6.07) is 25.3. The van der Waals surface area contributed by atoms with Crippen molar-refractivity contribution in [3.63, 3.8) is 0 Å². The van der Waals surface area contributed by atoms with Crippen LogP contribution in [0.1, 0.15) is 15.9 Å². The van der Waals surface area contributed by atoms with Crippen molar-refractivity contribution in [2.45, 2.75) is 6.54 Å². The van der Waals surface area contributed by atoms with Gasteiger partial charge >= 0.3 is 0 Å². The van der Waals surface area contributed by atoms with Gasteiger partial charge in [0.1, 0.15) is 17.8 Å². The molecule has 2 heterocycles. The van der Waals surface area contributed by atoms with Gasteiger partial charge < -0.3 is 0 Å². The third kappa shape index (κ3) is 4.54. The van der Waals surface area contributed by atoms with Gasteiger partial charge in [0, 0.05) is 11.8 Å². The van der Waals surface area contributed by atoms with Crippen LogP contribution in [-0.4, -0.2) is 30.5 Å². The SMILES string of the molecule is O=C(Nc1ncn(Cc2cccc(F)c2)n1)c1cn(-c2ccccc2)nc1-c1ccccc1. The highest BCUT2D eigenvalue weighted by Crippen LogP contribution is 2.24. The fourth-order valence-electron chi connectivity index (χ4n) is 3.48. The van der Waals surface area contributed by atoms with Crippen LogP contribution in [0.5, 0.6) is 0 Å². The van der Waals surface area contributed by atoms with Crippen LogP contribution in [0.15, 0.2) is 97.5 Å². The maximum atomic E-state index is 13.4. The Hall–Kier alpha value is -4.59. The number of carbonyl (C=O) groups is 1. The molecule has 0 aliphatic rings. The highest BCUT2D eigenvalue weighted by atomic mass is 19.1. The maximum absolute atomic E-state index is 13.4. The first-order chi connectivity index (χ1) is 16.2. The number of aromatic nitrogens is 5. The van der Waals surface area contributed by atoms with E-state index in [1.807, 2.05) is 60.7 Å². The topological polar surface area (TPSA) is 77.6 Å². The van der Waals surface area contributed by atoms with Gasteiger partial charge in [-0.05, 0) is 29.8 Å². The molecule has 0 atom stereocenters. The third-order valence-electron chi connectivity index (χ3n) is 5.02. The molecular weight excluding hydrogens is 419 g/mol. The molecule has 2 aromatic heterocycles. The summed E-state index contributed by atoms with van der Waals surface area (Å²) in [5.41, 5.74) is 3.35. The number of carbonyl (C=O) groups excluding carboxylic acids is 1. The van der Waals surface area contributed by atoms with E-state index in [1.165, 1.54) is 23.1 Å². The molecule has 0 aliphatic heterocycles. The predicted molar refractivity (Wildman–Crippen MR) is 122 cm³/mol.